The molecule has 4 heteroatoms. The van der Waals surface area contributed by atoms with Gasteiger partial charge in [-0.25, -0.2) is 4.98 Å². The molecule has 0 aliphatic carbocycles. The lowest BCUT2D eigenvalue weighted by Crippen LogP contribution is -1.91. The molecule has 0 radical (unpaired) electrons. The number of hydrogen-bond donors (Lipinski definition) is 2. The van der Waals surface area contributed by atoms with E-state index in [2.05, 4.69) is 0 Å². The van der Waals surface area contributed by atoms with E-state index < -0.39 is 0 Å². The van der Waals surface area contributed by atoms with Crippen LogP contribution in [0.3, 0.4) is 0 Å². The number of aromatic hydroxyl groups is 2. The molecule has 0 bridgehead atoms. The van der Waals surface area contributed by atoms with E-state index in [0.717, 1.165) is 10.4 Å². The zero-order valence-corrected chi connectivity index (χ0v) is 14.1. The van der Waals surface area contributed by atoms with Gasteiger partial charge in [-0.2, -0.15) is 0 Å². The Labute approximate surface area is 149 Å². The van der Waals surface area contributed by atoms with Crippen LogP contribution in [-0.2, 0) is 0 Å². The van der Waals surface area contributed by atoms with Crippen molar-refractivity contribution < 1.29 is 10.2 Å². The molecule has 2 aromatic heterocycles. The summed E-state index contributed by atoms with van der Waals surface area (Å²) in [5.41, 5.74) is 3.67. The minimum atomic E-state index is 0.182. The molecule has 0 aliphatic heterocycles. The van der Waals surface area contributed by atoms with Gasteiger partial charge in [0.05, 0.1) is 11.4 Å². The summed E-state index contributed by atoms with van der Waals surface area (Å²) in [5, 5.41) is 22.5. The fourth-order valence-corrected chi connectivity index (χ4v) is 3.49. The van der Waals surface area contributed by atoms with Crippen LogP contribution in [0.2, 0.25) is 0 Å². The van der Waals surface area contributed by atoms with Crippen LogP contribution in [0, 0.1) is 0 Å². The Balaban J connectivity index is 1.96. The lowest BCUT2D eigenvalue weighted by molar-refractivity contribution is 0.477. The van der Waals surface area contributed by atoms with Crippen LogP contribution in [0.15, 0.2) is 78.2 Å². The predicted octanol–water partition coefficient (Wildman–Crippen LogP) is 5.56. The van der Waals surface area contributed by atoms with Gasteiger partial charge in [-0.15, -0.1) is 11.3 Å². The van der Waals surface area contributed by atoms with Crippen LogP contribution in [0.5, 0.6) is 11.5 Å². The predicted molar refractivity (Wildman–Crippen MR) is 102 cm³/mol. The normalized spacial score (nSPS) is 10.7. The van der Waals surface area contributed by atoms with E-state index in [0.29, 0.717) is 22.5 Å². The Morgan fingerprint density at radius 2 is 1.24 bits per heavy atom. The van der Waals surface area contributed by atoms with Gasteiger partial charge < -0.3 is 10.2 Å². The van der Waals surface area contributed by atoms with Gasteiger partial charge in [0.15, 0.2) is 0 Å². The SMILES string of the molecule is Oc1ccccc1-c1cc(-c2cccs2)cc(-c2ccccc2O)n1. The molecule has 0 saturated carbocycles. The monoisotopic (exact) mass is 345 g/mol. The highest BCUT2D eigenvalue weighted by Crippen LogP contribution is 2.36. The molecule has 25 heavy (non-hydrogen) atoms. The number of hydrogen-bond acceptors (Lipinski definition) is 4. The third kappa shape index (κ3) is 2.99. The summed E-state index contributed by atoms with van der Waals surface area (Å²) >= 11 is 1.64. The number of aromatic nitrogens is 1. The molecule has 0 atom stereocenters. The number of phenols is 2. The summed E-state index contributed by atoms with van der Waals surface area (Å²) in [7, 11) is 0. The zero-order chi connectivity index (χ0) is 17.2. The highest BCUT2D eigenvalue weighted by atomic mass is 32.1. The van der Waals surface area contributed by atoms with Crippen molar-refractivity contribution in [2.45, 2.75) is 0 Å². The molecule has 3 nitrogen and oxygen atoms in total. The first-order valence-electron chi connectivity index (χ1n) is 7.85. The number of phenolic OH excluding ortho intramolecular Hbond substituents is 2. The fourth-order valence-electron chi connectivity index (χ4n) is 2.77. The number of benzene rings is 2. The molecule has 4 rings (SSSR count). The number of thiophene rings is 1. The first-order valence-corrected chi connectivity index (χ1v) is 8.73. The van der Waals surface area contributed by atoms with Crippen molar-refractivity contribution in [3.05, 3.63) is 78.2 Å². The van der Waals surface area contributed by atoms with Gasteiger partial charge in [0, 0.05) is 16.0 Å². The van der Waals surface area contributed by atoms with Crippen LogP contribution in [-0.4, -0.2) is 15.2 Å². The van der Waals surface area contributed by atoms with Crippen molar-refractivity contribution in [2.24, 2.45) is 0 Å². The third-order valence-corrected chi connectivity index (χ3v) is 4.91. The molecular formula is C21H15NO2S. The maximum absolute atomic E-state index is 10.2. The van der Waals surface area contributed by atoms with Crippen molar-refractivity contribution in [2.75, 3.05) is 0 Å². The van der Waals surface area contributed by atoms with E-state index in [9.17, 15) is 10.2 Å². The van der Waals surface area contributed by atoms with Gasteiger partial charge in [0.2, 0.25) is 0 Å². The average Bonchev–Trinajstić information content (AvgIpc) is 3.17. The third-order valence-electron chi connectivity index (χ3n) is 3.99. The van der Waals surface area contributed by atoms with Crippen LogP contribution >= 0.6 is 11.3 Å². The first-order chi connectivity index (χ1) is 12.2. The molecule has 2 heterocycles. The standard InChI is InChI=1S/C21H15NO2S/c23-19-8-3-1-6-15(19)17-12-14(21-10-5-11-25-21)13-18(22-17)16-7-2-4-9-20(16)24/h1-13,23-24H. The zero-order valence-electron chi connectivity index (χ0n) is 13.3. The van der Waals surface area contributed by atoms with Crippen LogP contribution in [0.4, 0.5) is 0 Å². The van der Waals surface area contributed by atoms with E-state index >= 15 is 0 Å². The molecule has 0 saturated heterocycles. The fraction of sp³-hybridized carbons (Fsp3) is 0. The molecule has 0 unspecified atom stereocenters. The lowest BCUT2D eigenvalue weighted by atomic mass is 10.0. The van der Waals surface area contributed by atoms with E-state index in [-0.39, 0.29) is 11.5 Å². The van der Waals surface area contributed by atoms with Gasteiger partial charge in [-0.05, 0) is 53.4 Å². The average molecular weight is 345 g/mol. The van der Waals surface area contributed by atoms with E-state index in [4.69, 9.17) is 4.98 Å². The largest absolute Gasteiger partial charge is 0.507 e. The molecule has 0 amide bonds. The second-order valence-corrected chi connectivity index (χ2v) is 6.59. The van der Waals surface area contributed by atoms with E-state index in [1.165, 1.54) is 0 Å². The summed E-state index contributed by atoms with van der Waals surface area (Å²) in [6.45, 7) is 0. The van der Waals surface area contributed by atoms with Crippen LogP contribution in [0.1, 0.15) is 0 Å². The number of nitrogens with zero attached hydrogens (tertiary/aromatic N) is 1. The van der Waals surface area contributed by atoms with E-state index in [1.54, 1.807) is 35.6 Å². The quantitative estimate of drug-likeness (QED) is 0.511. The molecule has 4 aromatic rings. The first kappa shape index (κ1) is 15.4. The Bertz CT molecular complexity index is 962. The van der Waals surface area contributed by atoms with Gasteiger partial charge >= 0.3 is 0 Å². The van der Waals surface area contributed by atoms with Gasteiger partial charge in [0.1, 0.15) is 11.5 Å². The number of pyridine rings is 1. The number of rotatable bonds is 3. The smallest absolute Gasteiger partial charge is 0.124 e. The molecule has 2 N–H and O–H groups in total. The second kappa shape index (κ2) is 6.42. The minimum absolute atomic E-state index is 0.182. The highest BCUT2D eigenvalue weighted by Gasteiger charge is 2.13. The molecular weight excluding hydrogens is 330 g/mol. The van der Waals surface area contributed by atoms with Crippen molar-refractivity contribution >= 4 is 11.3 Å². The van der Waals surface area contributed by atoms with Crippen molar-refractivity contribution in [3.8, 4) is 44.5 Å². The van der Waals surface area contributed by atoms with E-state index in [1.807, 2.05) is 53.9 Å². The number of para-hydroxylation sites is 2. The summed E-state index contributed by atoms with van der Waals surface area (Å²) in [5.74, 6) is 0.364. The van der Waals surface area contributed by atoms with Crippen LogP contribution in [0.25, 0.3) is 33.0 Å². The van der Waals surface area contributed by atoms with Crippen LogP contribution < -0.4 is 0 Å². The molecule has 2 aromatic carbocycles. The van der Waals surface area contributed by atoms with Gasteiger partial charge in [0.25, 0.3) is 0 Å². The van der Waals surface area contributed by atoms with Crippen molar-refractivity contribution in [1.29, 1.82) is 0 Å². The Morgan fingerprint density at radius 3 is 1.72 bits per heavy atom. The maximum atomic E-state index is 10.2. The van der Waals surface area contributed by atoms with Crippen molar-refractivity contribution in [3.63, 3.8) is 0 Å². The minimum Gasteiger partial charge on any atom is -0.507 e. The molecule has 0 aliphatic rings. The summed E-state index contributed by atoms with van der Waals surface area (Å²) < 4.78 is 0. The Kier molecular flexibility index (Phi) is 3.96. The Hall–Kier alpha value is -3.11. The topological polar surface area (TPSA) is 53.4 Å². The molecule has 122 valence electrons. The second-order valence-electron chi connectivity index (χ2n) is 5.64. The summed E-state index contributed by atoms with van der Waals surface area (Å²) in [6, 6.07) is 22.2. The van der Waals surface area contributed by atoms with Gasteiger partial charge in [-0.3, -0.25) is 0 Å². The maximum Gasteiger partial charge on any atom is 0.124 e. The Morgan fingerprint density at radius 1 is 0.680 bits per heavy atom. The highest BCUT2D eigenvalue weighted by molar-refractivity contribution is 7.13. The van der Waals surface area contributed by atoms with Crippen molar-refractivity contribution in [1.82, 2.24) is 4.98 Å². The summed E-state index contributed by atoms with van der Waals surface area (Å²) in [6.07, 6.45) is 0. The molecule has 0 fully saturated rings. The van der Waals surface area contributed by atoms with Gasteiger partial charge in [-0.1, -0.05) is 30.3 Å². The molecule has 0 spiro atoms. The summed E-state index contributed by atoms with van der Waals surface area (Å²) in [4.78, 5) is 5.80. The lowest BCUT2D eigenvalue weighted by Gasteiger charge is -2.11.